The van der Waals surface area contributed by atoms with Gasteiger partial charge in [0.1, 0.15) is 0 Å². The van der Waals surface area contributed by atoms with Crippen LogP contribution in [0, 0.1) is 0 Å². The molecule has 0 bridgehead atoms. The van der Waals surface area contributed by atoms with Gasteiger partial charge in [0.05, 0.1) is 25.4 Å². The molecule has 1 amide bonds. The van der Waals surface area contributed by atoms with E-state index in [2.05, 4.69) is 31.3 Å². The molecule has 0 saturated carbocycles. The number of hydrogen-bond donors (Lipinski definition) is 3. The van der Waals surface area contributed by atoms with Gasteiger partial charge in [-0.2, -0.15) is 0 Å². The van der Waals surface area contributed by atoms with Crippen LogP contribution in [0.25, 0.3) is 0 Å². The molecule has 0 fully saturated rings. The lowest BCUT2D eigenvalue weighted by atomic mass is 10.0. The van der Waals surface area contributed by atoms with E-state index in [-0.39, 0.29) is 18.5 Å². The summed E-state index contributed by atoms with van der Waals surface area (Å²) in [4.78, 5) is 24.4. The Kier molecular flexibility index (Phi) is 46.6. The Labute approximate surface area is 361 Å². The zero-order valence-electron chi connectivity index (χ0n) is 38.8. The number of unbranched alkanes of at least 4 members (excludes halogenated alkanes) is 34. The van der Waals surface area contributed by atoms with Crippen LogP contribution in [0.1, 0.15) is 271 Å². The second-order valence-corrected chi connectivity index (χ2v) is 17.5. The molecule has 3 N–H and O–H groups in total. The molecule has 0 heterocycles. The first-order valence-electron chi connectivity index (χ1n) is 25.6. The molecule has 0 radical (unpaired) electrons. The molecule has 0 saturated heterocycles. The average Bonchev–Trinajstić information content (AvgIpc) is 3.22. The van der Waals surface area contributed by atoms with E-state index in [0.29, 0.717) is 19.4 Å². The van der Waals surface area contributed by atoms with Gasteiger partial charge in [-0.3, -0.25) is 9.59 Å². The highest BCUT2D eigenvalue weighted by atomic mass is 16.5. The summed E-state index contributed by atoms with van der Waals surface area (Å²) in [6, 6.07) is -0.638. The van der Waals surface area contributed by atoms with Crippen LogP contribution in [0.2, 0.25) is 0 Å². The number of carbonyl (C=O) groups is 2. The van der Waals surface area contributed by atoms with Crippen molar-refractivity contribution >= 4 is 11.9 Å². The number of rotatable bonds is 47. The Bertz CT molecular complexity index is 904. The van der Waals surface area contributed by atoms with Crippen molar-refractivity contribution < 1.29 is 24.5 Å². The van der Waals surface area contributed by atoms with Gasteiger partial charge >= 0.3 is 5.97 Å². The molecule has 58 heavy (non-hydrogen) atoms. The Morgan fingerprint density at radius 3 is 1.22 bits per heavy atom. The first kappa shape index (κ1) is 56.3. The number of allylic oxidation sites excluding steroid dienone is 3. The number of aliphatic hydroxyl groups excluding tert-OH is 2. The molecule has 0 aromatic carbocycles. The number of hydrogen-bond acceptors (Lipinski definition) is 5. The van der Waals surface area contributed by atoms with E-state index >= 15 is 0 Å². The fraction of sp³-hybridized carbons (Fsp3) is 0.885. The van der Waals surface area contributed by atoms with Crippen LogP contribution in [0.5, 0.6) is 0 Å². The molecule has 0 aromatic heterocycles. The summed E-state index contributed by atoms with van der Waals surface area (Å²) < 4.78 is 5.44. The van der Waals surface area contributed by atoms with Crippen molar-refractivity contribution in [2.24, 2.45) is 0 Å². The summed E-state index contributed by atoms with van der Waals surface area (Å²) in [5, 5.41) is 23.0. The van der Waals surface area contributed by atoms with Gasteiger partial charge in [0.2, 0.25) is 5.91 Å². The van der Waals surface area contributed by atoms with Gasteiger partial charge in [0.15, 0.2) is 0 Å². The Morgan fingerprint density at radius 1 is 0.466 bits per heavy atom. The van der Waals surface area contributed by atoms with E-state index in [1.165, 1.54) is 173 Å². The van der Waals surface area contributed by atoms with Gasteiger partial charge in [-0.05, 0) is 57.8 Å². The maximum atomic E-state index is 12.4. The minimum atomic E-state index is -0.853. The third kappa shape index (κ3) is 43.9. The van der Waals surface area contributed by atoms with Gasteiger partial charge in [-0.1, -0.05) is 224 Å². The van der Waals surface area contributed by atoms with Gasteiger partial charge in [-0.25, -0.2) is 0 Å². The minimum absolute atomic E-state index is 0.0109. The molecule has 2 unspecified atom stereocenters. The van der Waals surface area contributed by atoms with Crippen LogP contribution in [-0.2, 0) is 14.3 Å². The number of aliphatic hydroxyl groups is 2. The first-order valence-corrected chi connectivity index (χ1v) is 25.6. The van der Waals surface area contributed by atoms with Crippen molar-refractivity contribution in [2.45, 2.75) is 283 Å². The maximum Gasteiger partial charge on any atom is 0.305 e. The lowest BCUT2D eigenvalue weighted by molar-refractivity contribution is -0.143. The third-order valence-electron chi connectivity index (χ3n) is 11.7. The highest BCUT2D eigenvalue weighted by molar-refractivity contribution is 5.76. The SMILES string of the molecule is CCCCCCCCCCCCCC/C=C/C(O)C(CO)NC(=O)CCCCCCCCC/C=C\CCCCCCOC(=O)CCCCCCCCCCCCCC. The third-order valence-corrected chi connectivity index (χ3v) is 11.7. The van der Waals surface area contributed by atoms with E-state index < -0.39 is 12.1 Å². The lowest BCUT2D eigenvalue weighted by Crippen LogP contribution is -2.45. The fourth-order valence-corrected chi connectivity index (χ4v) is 7.74. The van der Waals surface area contributed by atoms with Crippen LogP contribution < -0.4 is 5.32 Å². The highest BCUT2D eigenvalue weighted by Crippen LogP contribution is 2.15. The summed E-state index contributed by atoms with van der Waals surface area (Å²) in [6.07, 6.45) is 56.0. The monoisotopic (exact) mass is 818 g/mol. The fourth-order valence-electron chi connectivity index (χ4n) is 7.74. The molecule has 0 rings (SSSR count). The lowest BCUT2D eigenvalue weighted by Gasteiger charge is -2.20. The highest BCUT2D eigenvalue weighted by Gasteiger charge is 2.18. The minimum Gasteiger partial charge on any atom is -0.466 e. The van der Waals surface area contributed by atoms with E-state index in [1.54, 1.807) is 6.08 Å². The molecule has 0 aliphatic carbocycles. The van der Waals surface area contributed by atoms with Gasteiger partial charge in [-0.15, -0.1) is 0 Å². The molecular formula is C52H99NO5. The molecule has 0 aliphatic rings. The van der Waals surface area contributed by atoms with Crippen LogP contribution in [0.3, 0.4) is 0 Å². The number of amides is 1. The number of nitrogens with one attached hydrogen (secondary N) is 1. The van der Waals surface area contributed by atoms with E-state index in [1.807, 2.05) is 6.08 Å². The van der Waals surface area contributed by atoms with Crippen LogP contribution in [0.15, 0.2) is 24.3 Å². The summed E-state index contributed by atoms with van der Waals surface area (Å²) in [5.74, 6) is -0.0941. The standard InChI is InChI=1S/C52H99NO5/c1-3-5-7-9-11-13-15-17-21-24-28-32-36-40-44-50(55)49(48-54)53-51(56)45-41-37-33-29-25-22-19-18-20-23-27-31-35-39-43-47-58-52(57)46-42-38-34-30-26-16-14-12-10-8-6-4-2/h20,23,40,44,49-50,54-55H,3-19,21-22,24-39,41-43,45-48H2,1-2H3,(H,53,56)/b23-20-,44-40+. The smallest absolute Gasteiger partial charge is 0.305 e. The predicted molar refractivity (Wildman–Crippen MR) is 250 cm³/mol. The van der Waals surface area contributed by atoms with Crippen molar-refractivity contribution in [3.8, 4) is 0 Å². The Hall–Kier alpha value is -1.66. The molecule has 342 valence electrons. The molecular weight excluding hydrogens is 719 g/mol. The Balaban J connectivity index is 3.51. The molecule has 0 aromatic rings. The zero-order chi connectivity index (χ0) is 42.3. The normalized spacial score (nSPS) is 12.8. The molecule has 6 nitrogen and oxygen atoms in total. The van der Waals surface area contributed by atoms with Crippen molar-refractivity contribution in [2.75, 3.05) is 13.2 Å². The second-order valence-electron chi connectivity index (χ2n) is 17.5. The molecule has 0 spiro atoms. The van der Waals surface area contributed by atoms with Crippen LogP contribution >= 0.6 is 0 Å². The van der Waals surface area contributed by atoms with Crippen LogP contribution in [0.4, 0.5) is 0 Å². The van der Waals surface area contributed by atoms with E-state index in [9.17, 15) is 19.8 Å². The van der Waals surface area contributed by atoms with E-state index in [4.69, 9.17) is 4.74 Å². The zero-order valence-corrected chi connectivity index (χ0v) is 38.8. The molecule has 2 atom stereocenters. The quantitative estimate of drug-likeness (QED) is 0.0323. The van der Waals surface area contributed by atoms with Gasteiger partial charge < -0.3 is 20.3 Å². The predicted octanol–water partition coefficient (Wildman–Crippen LogP) is 15.1. The van der Waals surface area contributed by atoms with E-state index in [0.717, 1.165) is 70.6 Å². The summed E-state index contributed by atoms with van der Waals surface area (Å²) in [5.41, 5.74) is 0. The first-order chi connectivity index (χ1) is 28.5. The van der Waals surface area contributed by atoms with Gasteiger partial charge in [0, 0.05) is 12.8 Å². The van der Waals surface area contributed by atoms with Crippen molar-refractivity contribution in [1.82, 2.24) is 5.32 Å². The van der Waals surface area contributed by atoms with Crippen molar-refractivity contribution in [3.63, 3.8) is 0 Å². The summed E-state index contributed by atoms with van der Waals surface area (Å²) in [6.45, 7) is 4.86. The maximum absolute atomic E-state index is 12.4. The molecule has 6 heteroatoms. The largest absolute Gasteiger partial charge is 0.466 e. The summed E-state index contributed by atoms with van der Waals surface area (Å²) >= 11 is 0. The average molecular weight is 818 g/mol. The van der Waals surface area contributed by atoms with Gasteiger partial charge in [0.25, 0.3) is 0 Å². The van der Waals surface area contributed by atoms with Crippen molar-refractivity contribution in [3.05, 3.63) is 24.3 Å². The molecule has 0 aliphatic heterocycles. The number of carbonyl (C=O) groups excluding carboxylic acids is 2. The number of esters is 1. The second kappa shape index (κ2) is 48.0. The number of ether oxygens (including phenoxy) is 1. The topological polar surface area (TPSA) is 95.9 Å². The van der Waals surface area contributed by atoms with Crippen molar-refractivity contribution in [1.29, 1.82) is 0 Å². The Morgan fingerprint density at radius 2 is 0.810 bits per heavy atom. The summed E-state index contributed by atoms with van der Waals surface area (Å²) in [7, 11) is 0. The van der Waals surface area contributed by atoms with Crippen LogP contribution in [-0.4, -0.2) is 47.4 Å².